The van der Waals surface area contributed by atoms with Crippen molar-refractivity contribution in [2.24, 2.45) is 0 Å². The molecule has 0 unspecified atom stereocenters. The minimum atomic E-state index is -1.21. The number of nitrogens with zero attached hydrogens (tertiary/aromatic N) is 3. The molecule has 4 aromatic carbocycles. The van der Waals surface area contributed by atoms with Crippen LogP contribution in [0.15, 0.2) is 60.7 Å². The smallest absolute Gasteiger partial charge is 0.324 e. The molecule has 0 saturated carbocycles. The topological polar surface area (TPSA) is 150 Å². The maximum atomic E-state index is 10.4. The van der Waals surface area contributed by atoms with Crippen molar-refractivity contribution in [1.82, 2.24) is 0 Å². The number of rotatable bonds is 3. The molecule has 0 radical (unpaired) electrons. The van der Waals surface area contributed by atoms with Crippen molar-refractivity contribution < 1.29 is 19.9 Å². The summed E-state index contributed by atoms with van der Waals surface area (Å²) in [4.78, 5) is 27.8. The predicted molar refractivity (Wildman–Crippen MR) is 117 cm³/mol. The normalized spacial score (nSPS) is 11.8. The maximum Gasteiger partial charge on any atom is 0.324 e. The monoisotopic (exact) mass is 433 g/mol. The second-order valence-corrected chi connectivity index (χ2v) is 7.20. The molecule has 5 rings (SSSR count). The molecule has 1 N–H and O–H groups in total. The Labute approximate surface area is 179 Å². The average molecular weight is 433 g/mol. The third-order valence-electron chi connectivity index (χ3n) is 5.38. The van der Waals surface area contributed by atoms with E-state index >= 15 is 0 Å². The molecule has 0 atom stereocenters. The van der Waals surface area contributed by atoms with Crippen LogP contribution in [0.3, 0.4) is 0 Å². The molecule has 0 aromatic heterocycles. The van der Waals surface area contributed by atoms with Gasteiger partial charge in [0, 0.05) is 0 Å². The molecule has 0 amide bonds. The molecule has 1 aliphatic rings. The molecule has 10 heteroatoms. The number of non-ortho nitro benzene ring substituents is 1. The van der Waals surface area contributed by atoms with E-state index in [9.17, 15) is 30.3 Å². The number of nitro benzene ring substituents is 3. The average Bonchev–Trinajstić information content (AvgIpc) is 2.77. The fourth-order valence-corrected chi connectivity index (χ4v) is 3.97. The predicted octanol–water partition coefficient (Wildman–Crippen LogP) is 5.21. The van der Waals surface area contributed by atoms with Gasteiger partial charge >= 0.3 is 11.4 Å². The Morgan fingerprint density at radius 2 is 1.09 bits per heavy atom. The number of aryl methyl sites for hydroxylation is 2. The van der Waals surface area contributed by atoms with Gasteiger partial charge in [-0.15, -0.1) is 0 Å². The first-order valence-electron chi connectivity index (χ1n) is 9.50. The second-order valence-electron chi connectivity index (χ2n) is 7.20. The molecule has 32 heavy (non-hydrogen) atoms. The first-order valence-corrected chi connectivity index (χ1v) is 9.50. The molecule has 0 spiro atoms. The minimum Gasteiger partial charge on any atom is -0.497 e. The van der Waals surface area contributed by atoms with Gasteiger partial charge in [-0.25, -0.2) is 0 Å². The number of nitro groups is 3. The van der Waals surface area contributed by atoms with E-state index in [1.807, 2.05) is 0 Å². The highest BCUT2D eigenvalue weighted by molar-refractivity contribution is 6.11. The van der Waals surface area contributed by atoms with Crippen LogP contribution >= 0.6 is 0 Å². The van der Waals surface area contributed by atoms with Crippen molar-refractivity contribution in [3.8, 4) is 5.75 Å². The molecule has 0 heterocycles. The second kappa shape index (κ2) is 7.91. The van der Waals surface area contributed by atoms with Crippen molar-refractivity contribution in [3.05, 3.63) is 102 Å². The summed E-state index contributed by atoms with van der Waals surface area (Å²) in [6.07, 6.45) is 2.38. The molecular formula is C22H15N3O7. The summed E-state index contributed by atoms with van der Waals surface area (Å²) in [5.74, 6) is -1.21. The summed E-state index contributed by atoms with van der Waals surface area (Å²) in [5.41, 5.74) is 0.0293. The van der Waals surface area contributed by atoms with Gasteiger partial charge in [0.2, 0.25) is 0 Å². The molecule has 10 nitrogen and oxygen atoms in total. The van der Waals surface area contributed by atoms with Crippen LogP contribution in [0.2, 0.25) is 0 Å². The van der Waals surface area contributed by atoms with Crippen LogP contribution in [0, 0.1) is 30.3 Å². The Hall–Kier alpha value is -4.60. The van der Waals surface area contributed by atoms with Crippen molar-refractivity contribution in [3.63, 3.8) is 0 Å². The summed E-state index contributed by atoms with van der Waals surface area (Å²) in [7, 11) is 0. The first-order chi connectivity index (χ1) is 15.3. The first kappa shape index (κ1) is 20.7. The van der Waals surface area contributed by atoms with Crippen LogP contribution < -0.4 is 0 Å². The number of hydrogen-bond acceptors (Lipinski definition) is 7. The molecule has 0 fully saturated rings. The van der Waals surface area contributed by atoms with Gasteiger partial charge in [0.15, 0.2) is 0 Å². The van der Waals surface area contributed by atoms with Crippen LogP contribution in [0.4, 0.5) is 17.1 Å². The lowest BCUT2D eigenvalue weighted by Gasteiger charge is -2.18. The Bertz CT molecular complexity index is 1330. The Morgan fingerprint density at radius 1 is 0.656 bits per heavy atom. The molecule has 160 valence electrons. The molecule has 4 aromatic rings. The van der Waals surface area contributed by atoms with Gasteiger partial charge in [0.25, 0.3) is 11.4 Å². The minimum absolute atomic E-state index is 0.447. The zero-order valence-electron chi connectivity index (χ0n) is 16.4. The van der Waals surface area contributed by atoms with Crippen molar-refractivity contribution in [2.45, 2.75) is 12.8 Å². The van der Waals surface area contributed by atoms with Crippen molar-refractivity contribution in [1.29, 1.82) is 0 Å². The van der Waals surface area contributed by atoms with Crippen molar-refractivity contribution in [2.75, 3.05) is 0 Å². The summed E-state index contributed by atoms with van der Waals surface area (Å²) in [5, 5.41) is 46.0. The summed E-state index contributed by atoms with van der Waals surface area (Å²) in [6, 6.07) is 18.7. The molecule has 0 aliphatic heterocycles. The van der Waals surface area contributed by atoms with Crippen LogP contribution in [0.5, 0.6) is 5.75 Å². The maximum absolute atomic E-state index is 10.4. The third kappa shape index (κ3) is 3.54. The van der Waals surface area contributed by atoms with Gasteiger partial charge in [0.1, 0.15) is 0 Å². The highest BCUT2D eigenvalue weighted by atomic mass is 16.6. The van der Waals surface area contributed by atoms with Gasteiger partial charge in [-0.3, -0.25) is 30.3 Å². The highest BCUT2D eigenvalue weighted by Gasteiger charge is 2.30. The quantitative estimate of drug-likeness (QED) is 0.265. The standard InChI is InChI=1S/C16H12.C6H3N3O7/c1-3-11-7-9-13-5-2-6-14-10-8-12(4-1)15(11)16(13)14;10-6-4(8(13)14)1-3(7(11)12)2-5(6)9(15)16/h1-7,9H,8,10H2;1-2,10H. The highest BCUT2D eigenvalue weighted by Crippen LogP contribution is 2.39. The van der Waals surface area contributed by atoms with E-state index in [0.29, 0.717) is 12.1 Å². The molecular weight excluding hydrogens is 418 g/mol. The SMILES string of the molecule is O=[N+]([O-])c1cc([N+](=O)[O-])c(O)c([N+](=O)[O-])c1.c1cc2c3c(c1)ccc1cccc(c13)CC2. The Balaban J connectivity index is 0.000000153. The molecule has 0 bridgehead atoms. The van der Waals surface area contributed by atoms with E-state index in [4.69, 9.17) is 5.11 Å². The number of aromatic hydroxyl groups is 1. The van der Waals surface area contributed by atoms with Gasteiger partial charge in [0.05, 0.1) is 26.9 Å². The summed E-state index contributed by atoms with van der Waals surface area (Å²) in [6.45, 7) is 0. The lowest BCUT2D eigenvalue weighted by Crippen LogP contribution is -2.00. The zero-order valence-corrected chi connectivity index (χ0v) is 16.4. The largest absolute Gasteiger partial charge is 0.497 e. The summed E-state index contributed by atoms with van der Waals surface area (Å²) < 4.78 is 0. The lowest BCUT2D eigenvalue weighted by atomic mass is 9.86. The van der Waals surface area contributed by atoms with Crippen LogP contribution in [0.25, 0.3) is 21.5 Å². The lowest BCUT2D eigenvalue weighted by molar-refractivity contribution is -0.404. The molecule has 0 saturated heterocycles. The van der Waals surface area contributed by atoms with Crippen LogP contribution in [0.1, 0.15) is 11.1 Å². The fraction of sp³-hybridized carbons (Fsp3) is 0.0909. The summed E-state index contributed by atoms with van der Waals surface area (Å²) >= 11 is 0. The zero-order chi connectivity index (χ0) is 23.0. The van der Waals surface area contributed by atoms with Gasteiger partial charge < -0.3 is 5.11 Å². The van der Waals surface area contributed by atoms with E-state index in [2.05, 4.69) is 48.5 Å². The van der Waals surface area contributed by atoms with Gasteiger partial charge in [-0.1, -0.05) is 48.5 Å². The Morgan fingerprint density at radius 3 is 1.47 bits per heavy atom. The van der Waals surface area contributed by atoms with E-state index < -0.39 is 37.6 Å². The van der Waals surface area contributed by atoms with Crippen molar-refractivity contribution >= 4 is 38.6 Å². The van der Waals surface area contributed by atoms with Crippen LogP contribution in [-0.4, -0.2) is 19.9 Å². The molecule has 1 aliphatic carbocycles. The van der Waals surface area contributed by atoms with E-state index in [1.54, 1.807) is 0 Å². The number of benzene rings is 4. The van der Waals surface area contributed by atoms with E-state index in [0.717, 1.165) is 0 Å². The number of hydrogen-bond donors (Lipinski definition) is 1. The van der Waals surface area contributed by atoms with Gasteiger partial charge in [-0.2, -0.15) is 0 Å². The van der Waals surface area contributed by atoms with E-state index in [1.165, 1.54) is 45.5 Å². The van der Waals surface area contributed by atoms with Crippen LogP contribution in [-0.2, 0) is 12.8 Å². The van der Waals surface area contributed by atoms with Gasteiger partial charge in [-0.05, 0) is 45.5 Å². The number of phenolic OH excluding ortho intramolecular Hbond substituents is 1. The number of phenols is 1. The fourth-order valence-electron chi connectivity index (χ4n) is 3.97. The Kier molecular flexibility index (Phi) is 5.11. The third-order valence-corrected chi connectivity index (χ3v) is 5.38. The van der Waals surface area contributed by atoms with E-state index in [-0.39, 0.29) is 0 Å².